The third kappa shape index (κ3) is 3.89. The van der Waals surface area contributed by atoms with E-state index in [2.05, 4.69) is 20.4 Å². The monoisotopic (exact) mass is 369 g/mol. The molecule has 4 rings (SSSR count). The lowest BCUT2D eigenvalue weighted by atomic mass is 10.1. The first-order chi connectivity index (χ1) is 13.2. The first-order valence-electron chi connectivity index (χ1n) is 9.22. The standard InChI is InChI=1S/C19H23N5O3/c1-2-20-17-5-6-18(22-21-17)23-7-9-24(10-8-23)19(25)12-14-3-4-15-16(11-14)27-13-26-15/h3-6,11H,2,7-10,12-13H2,1H3,(H,20,21). The predicted octanol–water partition coefficient (Wildman–Crippen LogP) is 1.53. The van der Waals surface area contributed by atoms with Gasteiger partial charge in [0.15, 0.2) is 17.3 Å². The SMILES string of the molecule is CCNc1ccc(N2CCN(C(=O)Cc3ccc4c(c3)OCO4)CC2)nn1. The molecule has 0 aliphatic carbocycles. The summed E-state index contributed by atoms with van der Waals surface area (Å²) in [6.45, 7) is 5.95. The highest BCUT2D eigenvalue weighted by Crippen LogP contribution is 2.32. The number of hydrogen-bond donors (Lipinski definition) is 1. The second-order valence-corrected chi connectivity index (χ2v) is 6.54. The Morgan fingerprint density at radius 3 is 2.63 bits per heavy atom. The largest absolute Gasteiger partial charge is 0.454 e. The van der Waals surface area contributed by atoms with E-state index in [1.54, 1.807) is 0 Å². The summed E-state index contributed by atoms with van der Waals surface area (Å²) in [6, 6.07) is 9.57. The molecule has 3 heterocycles. The molecule has 27 heavy (non-hydrogen) atoms. The maximum Gasteiger partial charge on any atom is 0.231 e. The average molecular weight is 369 g/mol. The third-order valence-corrected chi connectivity index (χ3v) is 4.76. The zero-order valence-corrected chi connectivity index (χ0v) is 15.4. The van der Waals surface area contributed by atoms with Gasteiger partial charge in [-0.25, -0.2) is 0 Å². The number of nitrogens with zero attached hydrogens (tertiary/aromatic N) is 4. The smallest absolute Gasteiger partial charge is 0.231 e. The van der Waals surface area contributed by atoms with Crippen molar-refractivity contribution in [2.45, 2.75) is 13.3 Å². The Kier molecular flexibility index (Phi) is 4.95. The molecular weight excluding hydrogens is 346 g/mol. The highest BCUT2D eigenvalue weighted by atomic mass is 16.7. The molecular formula is C19H23N5O3. The van der Waals surface area contributed by atoms with Crippen molar-refractivity contribution in [1.29, 1.82) is 0 Å². The number of nitrogens with one attached hydrogen (secondary N) is 1. The van der Waals surface area contributed by atoms with E-state index in [0.717, 1.165) is 42.6 Å². The average Bonchev–Trinajstić information content (AvgIpc) is 3.17. The Balaban J connectivity index is 1.31. The van der Waals surface area contributed by atoms with Gasteiger partial charge in [-0.05, 0) is 36.8 Å². The lowest BCUT2D eigenvalue weighted by Gasteiger charge is -2.35. The third-order valence-electron chi connectivity index (χ3n) is 4.76. The van der Waals surface area contributed by atoms with Crippen LogP contribution in [0.3, 0.4) is 0 Å². The second-order valence-electron chi connectivity index (χ2n) is 6.54. The van der Waals surface area contributed by atoms with Crippen molar-refractivity contribution in [2.75, 3.05) is 49.7 Å². The predicted molar refractivity (Wildman–Crippen MR) is 101 cm³/mol. The molecule has 1 amide bonds. The van der Waals surface area contributed by atoms with Crippen LogP contribution < -0.4 is 19.7 Å². The lowest BCUT2D eigenvalue weighted by Crippen LogP contribution is -2.49. The Morgan fingerprint density at radius 1 is 1.07 bits per heavy atom. The van der Waals surface area contributed by atoms with E-state index in [4.69, 9.17) is 9.47 Å². The van der Waals surface area contributed by atoms with Crippen molar-refractivity contribution in [3.63, 3.8) is 0 Å². The van der Waals surface area contributed by atoms with Crippen LogP contribution in [0.15, 0.2) is 30.3 Å². The first kappa shape index (κ1) is 17.4. The number of hydrogen-bond acceptors (Lipinski definition) is 7. The Labute approximate surface area is 158 Å². The number of carbonyl (C=O) groups excluding carboxylic acids is 1. The minimum atomic E-state index is 0.127. The van der Waals surface area contributed by atoms with Gasteiger partial charge >= 0.3 is 0 Å². The number of rotatable bonds is 5. The zero-order valence-electron chi connectivity index (χ0n) is 15.4. The van der Waals surface area contributed by atoms with Gasteiger partial charge in [-0.1, -0.05) is 6.07 Å². The molecule has 2 aliphatic rings. The van der Waals surface area contributed by atoms with Crippen molar-refractivity contribution in [3.8, 4) is 11.5 Å². The van der Waals surface area contributed by atoms with Gasteiger partial charge in [-0.3, -0.25) is 4.79 Å². The molecule has 2 aromatic rings. The number of amides is 1. The van der Waals surface area contributed by atoms with Crippen LogP contribution >= 0.6 is 0 Å². The molecule has 0 atom stereocenters. The van der Waals surface area contributed by atoms with Crippen molar-refractivity contribution < 1.29 is 14.3 Å². The zero-order chi connectivity index (χ0) is 18.6. The molecule has 142 valence electrons. The summed E-state index contributed by atoms with van der Waals surface area (Å²) in [4.78, 5) is 16.7. The van der Waals surface area contributed by atoms with Gasteiger partial charge in [0.1, 0.15) is 5.82 Å². The van der Waals surface area contributed by atoms with Gasteiger partial charge in [-0.15, -0.1) is 10.2 Å². The molecule has 8 heteroatoms. The van der Waals surface area contributed by atoms with E-state index in [0.29, 0.717) is 25.3 Å². The fraction of sp³-hybridized carbons (Fsp3) is 0.421. The summed E-state index contributed by atoms with van der Waals surface area (Å²) in [5.74, 6) is 3.20. The van der Waals surface area contributed by atoms with Gasteiger partial charge in [0, 0.05) is 32.7 Å². The summed E-state index contributed by atoms with van der Waals surface area (Å²) >= 11 is 0. The molecule has 2 aliphatic heterocycles. The van der Waals surface area contributed by atoms with Gasteiger partial charge in [-0.2, -0.15) is 0 Å². The van der Waals surface area contributed by atoms with Crippen molar-refractivity contribution in [3.05, 3.63) is 35.9 Å². The van der Waals surface area contributed by atoms with Gasteiger partial charge < -0.3 is 24.6 Å². The number of ether oxygens (including phenoxy) is 2. The maximum atomic E-state index is 12.6. The summed E-state index contributed by atoms with van der Waals surface area (Å²) in [5, 5.41) is 11.6. The van der Waals surface area contributed by atoms with Gasteiger partial charge in [0.25, 0.3) is 0 Å². The number of anilines is 2. The minimum absolute atomic E-state index is 0.127. The van der Waals surface area contributed by atoms with Crippen LogP contribution in [0.5, 0.6) is 11.5 Å². The fourth-order valence-electron chi connectivity index (χ4n) is 3.29. The number of carbonyl (C=O) groups is 1. The van der Waals surface area contributed by atoms with Gasteiger partial charge in [0.2, 0.25) is 12.7 Å². The Hall–Kier alpha value is -3.03. The lowest BCUT2D eigenvalue weighted by molar-refractivity contribution is -0.130. The molecule has 1 fully saturated rings. The van der Waals surface area contributed by atoms with Crippen molar-refractivity contribution >= 4 is 17.5 Å². The van der Waals surface area contributed by atoms with Crippen LogP contribution in [0.1, 0.15) is 12.5 Å². The maximum absolute atomic E-state index is 12.6. The highest BCUT2D eigenvalue weighted by molar-refractivity contribution is 5.79. The van der Waals surface area contributed by atoms with Gasteiger partial charge in [0.05, 0.1) is 6.42 Å². The molecule has 1 aromatic heterocycles. The first-order valence-corrected chi connectivity index (χ1v) is 9.22. The number of benzene rings is 1. The number of fused-ring (bicyclic) bond motifs is 1. The second kappa shape index (κ2) is 7.69. The molecule has 8 nitrogen and oxygen atoms in total. The highest BCUT2D eigenvalue weighted by Gasteiger charge is 2.23. The Bertz CT molecular complexity index is 803. The Morgan fingerprint density at radius 2 is 1.89 bits per heavy atom. The number of piperazine rings is 1. The van der Waals surface area contributed by atoms with Crippen LogP contribution in [-0.4, -0.2) is 60.5 Å². The van der Waals surface area contributed by atoms with Crippen LogP contribution in [0, 0.1) is 0 Å². The molecule has 0 unspecified atom stereocenters. The van der Waals surface area contributed by atoms with Crippen molar-refractivity contribution in [1.82, 2.24) is 15.1 Å². The van der Waals surface area contributed by atoms with E-state index >= 15 is 0 Å². The summed E-state index contributed by atoms with van der Waals surface area (Å²) < 4.78 is 10.7. The van der Waals surface area contributed by atoms with Crippen LogP contribution in [0.25, 0.3) is 0 Å². The fourth-order valence-corrected chi connectivity index (χ4v) is 3.29. The molecule has 0 spiro atoms. The quantitative estimate of drug-likeness (QED) is 0.856. The van der Waals surface area contributed by atoms with Crippen molar-refractivity contribution in [2.24, 2.45) is 0 Å². The molecule has 1 N–H and O–H groups in total. The molecule has 1 aromatic carbocycles. The van der Waals surface area contributed by atoms with Crippen LogP contribution in [0.4, 0.5) is 11.6 Å². The summed E-state index contributed by atoms with van der Waals surface area (Å²) in [6.07, 6.45) is 0.369. The normalized spacial score (nSPS) is 15.7. The van der Waals surface area contributed by atoms with E-state index in [-0.39, 0.29) is 12.7 Å². The van der Waals surface area contributed by atoms with E-state index in [1.807, 2.05) is 42.2 Å². The molecule has 0 saturated carbocycles. The summed E-state index contributed by atoms with van der Waals surface area (Å²) in [7, 11) is 0. The molecule has 0 bridgehead atoms. The van der Waals surface area contributed by atoms with Crippen LogP contribution in [0.2, 0.25) is 0 Å². The van der Waals surface area contributed by atoms with E-state index < -0.39 is 0 Å². The minimum Gasteiger partial charge on any atom is -0.454 e. The topological polar surface area (TPSA) is 79.8 Å². The number of aromatic nitrogens is 2. The summed E-state index contributed by atoms with van der Waals surface area (Å²) in [5.41, 5.74) is 0.941. The molecule has 1 saturated heterocycles. The van der Waals surface area contributed by atoms with E-state index in [9.17, 15) is 4.79 Å². The van der Waals surface area contributed by atoms with E-state index in [1.165, 1.54) is 0 Å². The van der Waals surface area contributed by atoms with Crippen LogP contribution in [-0.2, 0) is 11.2 Å². The molecule has 0 radical (unpaired) electrons.